The van der Waals surface area contributed by atoms with Crippen molar-refractivity contribution in [2.24, 2.45) is 0 Å². The number of aliphatic hydroxyl groups is 1. The van der Waals surface area contributed by atoms with Gasteiger partial charge in [0, 0.05) is 22.7 Å². The molecule has 0 bridgehead atoms. The average Bonchev–Trinajstić information content (AvgIpc) is 2.30. The topological polar surface area (TPSA) is 23.5 Å². The first-order chi connectivity index (χ1) is 7.56. The molecule has 0 atom stereocenters. The molecule has 0 aliphatic heterocycles. The van der Waals surface area contributed by atoms with E-state index in [-0.39, 0.29) is 12.1 Å². The summed E-state index contributed by atoms with van der Waals surface area (Å²) in [7, 11) is 2.06. The summed E-state index contributed by atoms with van der Waals surface area (Å²) in [6, 6.07) is 10.4. The molecule has 0 aromatic heterocycles. The second-order valence-electron chi connectivity index (χ2n) is 4.55. The van der Waals surface area contributed by atoms with Gasteiger partial charge in [0.1, 0.15) is 0 Å². The lowest BCUT2D eigenvalue weighted by molar-refractivity contribution is 0.0845. The van der Waals surface area contributed by atoms with E-state index in [9.17, 15) is 5.11 Å². The molecule has 0 amide bonds. The first kappa shape index (κ1) is 13.6. The summed E-state index contributed by atoms with van der Waals surface area (Å²) in [5.74, 6) is 1.05. The maximum absolute atomic E-state index is 9.23. The summed E-state index contributed by atoms with van der Waals surface area (Å²) < 4.78 is 0. The highest BCUT2D eigenvalue weighted by Crippen LogP contribution is 2.18. The minimum absolute atomic E-state index is 0.128. The molecule has 2 nitrogen and oxygen atoms in total. The smallest absolute Gasteiger partial charge is 0.0609 e. The first-order valence-corrected chi connectivity index (χ1v) is 6.55. The molecule has 0 saturated carbocycles. The van der Waals surface area contributed by atoms with Crippen molar-refractivity contribution >= 4 is 11.8 Å². The molecular formula is C13H21NOS. The molecule has 0 saturated heterocycles. The van der Waals surface area contributed by atoms with Gasteiger partial charge in [0.2, 0.25) is 0 Å². The highest BCUT2D eigenvalue weighted by Gasteiger charge is 2.21. The molecule has 0 fully saturated rings. The third kappa shape index (κ3) is 4.16. The second kappa shape index (κ2) is 6.28. The van der Waals surface area contributed by atoms with Gasteiger partial charge >= 0.3 is 0 Å². The third-order valence-electron chi connectivity index (χ3n) is 2.86. The lowest BCUT2D eigenvalue weighted by Gasteiger charge is -2.33. The predicted molar refractivity (Wildman–Crippen MR) is 71.0 cm³/mol. The molecule has 0 radical (unpaired) electrons. The Kier molecular flexibility index (Phi) is 5.32. The van der Waals surface area contributed by atoms with E-state index in [4.69, 9.17) is 0 Å². The lowest BCUT2D eigenvalue weighted by atomic mass is 10.1. The van der Waals surface area contributed by atoms with Crippen LogP contribution in [0.4, 0.5) is 0 Å². The van der Waals surface area contributed by atoms with Gasteiger partial charge in [0.05, 0.1) is 6.61 Å². The molecule has 90 valence electrons. The van der Waals surface area contributed by atoms with E-state index in [2.05, 4.69) is 50.1 Å². The van der Waals surface area contributed by atoms with E-state index < -0.39 is 0 Å². The molecule has 0 heterocycles. The van der Waals surface area contributed by atoms with Crippen LogP contribution in [-0.2, 0) is 0 Å². The summed E-state index contributed by atoms with van der Waals surface area (Å²) in [5, 5.41) is 9.23. The van der Waals surface area contributed by atoms with Gasteiger partial charge in [-0.15, -0.1) is 11.8 Å². The minimum Gasteiger partial charge on any atom is -0.394 e. The number of likely N-dealkylation sites (N-methyl/N-ethyl adjacent to an activating group) is 1. The van der Waals surface area contributed by atoms with Crippen LogP contribution in [0.3, 0.4) is 0 Å². The highest BCUT2D eigenvalue weighted by molar-refractivity contribution is 7.99. The molecule has 0 aliphatic carbocycles. The lowest BCUT2D eigenvalue weighted by Crippen LogP contribution is -2.45. The maximum Gasteiger partial charge on any atom is 0.0609 e. The number of hydrogen-bond acceptors (Lipinski definition) is 3. The second-order valence-corrected chi connectivity index (χ2v) is 5.72. The zero-order valence-corrected chi connectivity index (χ0v) is 11.1. The summed E-state index contributed by atoms with van der Waals surface area (Å²) in [4.78, 5) is 3.50. The van der Waals surface area contributed by atoms with Crippen LogP contribution >= 0.6 is 11.8 Å². The summed E-state index contributed by atoms with van der Waals surface area (Å²) in [5.41, 5.74) is -0.128. The number of benzene rings is 1. The normalized spacial score (nSPS) is 12.1. The van der Waals surface area contributed by atoms with E-state index in [1.807, 2.05) is 17.8 Å². The fraction of sp³-hybridized carbons (Fsp3) is 0.538. The van der Waals surface area contributed by atoms with Crippen LogP contribution in [0, 0.1) is 0 Å². The molecular weight excluding hydrogens is 218 g/mol. The van der Waals surface area contributed by atoms with Crippen molar-refractivity contribution in [1.29, 1.82) is 0 Å². The number of nitrogens with zero attached hydrogens (tertiary/aromatic N) is 1. The van der Waals surface area contributed by atoms with Crippen molar-refractivity contribution in [2.45, 2.75) is 24.3 Å². The molecule has 0 aliphatic rings. The van der Waals surface area contributed by atoms with Gasteiger partial charge < -0.3 is 5.11 Å². The van der Waals surface area contributed by atoms with E-state index in [0.29, 0.717) is 0 Å². The van der Waals surface area contributed by atoms with Gasteiger partial charge in [0.15, 0.2) is 0 Å². The molecule has 1 N–H and O–H groups in total. The van der Waals surface area contributed by atoms with Gasteiger partial charge in [-0.2, -0.15) is 0 Å². The van der Waals surface area contributed by atoms with Gasteiger partial charge in [-0.3, -0.25) is 4.90 Å². The van der Waals surface area contributed by atoms with Crippen molar-refractivity contribution in [3.05, 3.63) is 30.3 Å². The fourth-order valence-corrected chi connectivity index (χ4v) is 2.19. The highest BCUT2D eigenvalue weighted by atomic mass is 32.2. The Hall–Kier alpha value is -0.510. The molecule has 1 aromatic rings. The number of aliphatic hydroxyl groups excluding tert-OH is 1. The molecule has 0 unspecified atom stereocenters. The minimum atomic E-state index is -0.128. The standard InChI is InChI=1S/C13H21NOS/c1-13(2,11-15)14(3)9-10-16-12-7-5-4-6-8-12/h4-8,15H,9-11H2,1-3H3. The Morgan fingerprint density at radius 3 is 2.44 bits per heavy atom. The van der Waals surface area contributed by atoms with E-state index in [1.54, 1.807) is 0 Å². The average molecular weight is 239 g/mol. The quantitative estimate of drug-likeness (QED) is 0.772. The van der Waals surface area contributed by atoms with Gasteiger partial charge in [-0.25, -0.2) is 0 Å². The Labute approximate surface area is 103 Å². The van der Waals surface area contributed by atoms with E-state index in [0.717, 1.165) is 12.3 Å². The van der Waals surface area contributed by atoms with Crippen molar-refractivity contribution in [2.75, 3.05) is 26.0 Å². The van der Waals surface area contributed by atoms with Crippen molar-refractivity contribution in [1.82, 2.24) is 4.90 Å². The predicted octanol–water partition coefficient (Wildman–Crippen LogP) is 2.48. The number of rotatable bonds is 6. The van der Waals surface area contributed by atoms with Crippen LogP contribution in [0.25, 0.3) is 0 Å². The van der Waals surface area contributed by atoms with Crippen molar-refractivity contribution in [3.8, 4) is 0 Å². The van der Waals surface area contributed by atoms with Gasteiger partial charge in [0.25, 0.3) is 0 Å². The number of thioether (sulfide) groups is 1. The maximum atomic E-state index is 9.23. The van der Waals surface area contributed by atoms with Gasteiger partial charge in [-0.05, 0) is 33.0 Å². The Bertz CT molecular complexity index is 300. The van der Waals surface area contributed by atoms with Crippen molar-refractivity contribution < 1.29 is 5.11 Å². The third-order valence-corrected chi connectivity index (χ3v) is 3.85. The first-order valence-electron chi connectivity index (χ1n) is 5.56. The number of hydrogen-bond donors (Lipinski definition) is 1. The zero-order valence-electron chi connectivity index (χ0n) is 10.3. The van der Waals surface area contributed by atoms with Crippen LogP contribution in [-0.4, -0.2) is 41.5 Å². The Morgan fingerprint density at radius 2 is 1.88 bits per heavy atom. The van der Waals surface area contributed by atoms with E-state index >= 15 is 0 Å². The van der Waals surface area contributed by atoms with Crippen molar-refractivity contribution in [3.63, 3.8) is 0 Å². The Balaban J connectivity index is 2.31. The Morgan fingerprint density at radius 1 is 1.25 bits per heavy atom. The fourth-order valence-electron chi connectivity index (χ4n) is 1.24. The van der Waals surface area contributed by atoms with Crippen LogP contribution in [0.15, 0.2) is 35.2 Å². The molecule has 3 heteroatoms. The molecule has 1 rings (SSSR count). The van der Waals surface area contributed by atoms with Crippen LogP contribution in [0.1, 0.15) is 13.8 Å². The molecule has 16 heavy (non-hydrogen) atoms. The molecule has 1 aromatic carbocycles. The summed E-state index contributed by atoms with van der Waals surface area (Å²) in [6.07, 6.45) is 0. The van der Waals surface area contributed by atoms with Gasteiger partial charge in [-0.1, -0.05) is 18.2 Å². The van der Waals surface area contributed by atoms with Crippen LogP contribution in [0.5, 0.6) is 0 Å². The van der Waals surface area contributed by atoms with Crippen LogP contribution in [0.2, 0.25) is 0 Å². The monoisotopic (exact) mass is 239 g/mol. The van der Waals surface area contributed by atoms with E-state index in [1.165, 1.54) is 4.90 Å². The summed E-state index contributed by atoms with van der Waals surface area (Å²) >= 11 is 1.85. The SMILES string of the molecule is CN(CCSc1ccccc1)C(C)(C)CO. The van der Waals surface area contributed by atoms with Crippen LogP contribution < -0.4 is 0 Å². The zero-order chi connectivity index (χ0) is 12.0. The summed E-state index contributed by atoms with van der Waals surface area (Å²) in [6.45, 7) is 5.28. The molecule has 0 spiro atoms. The largest absolute Gasteiger partial charge is 0.394 e.